The first-order valence-electron chi connectivity index (χ1n) is 10.8. The van der Waals surface area contributed by atoms with E-state index in [-0.39, 0.29) is 34.4 Å². The Hall–Kier alpha value is -3.56. The van der Waals surface area contributed by atoms with Crippen molar-refractivity contribution in [1.82, 2.24) is 0 Å². The highest BCUT2D eigenvalue weighted by Crippen LogP contribution is 2.37. The van der Waals surface area contributed by atoms with E-state index in [2.05, 4.69) is 5.32 Å². The molecule has 3 aromatic rings. The number of sulfonamides is 1. The molecule has 1 aliphatic heterocycles. The molecule has 1 heterocycles. The molecule has 0 aliphatic carbocycles. The van der Waals surface area contributed by atoms with Crippen molar-refractivity contribution < 1.29 is 27.5 Å². The summed E-state index contributed by atoms with van der Waals surface area (Å²) in [6.07, 6.45) is -1.13. The van der Waals surface area contributed by atoms with Gasteiger partial charge >= 0.3 is 5.97 Å². The molecule has 8 nitrogen and oxygen atoms in total. The van der Waals surface area contributed by atoms with Gasteiger partial charge in [-0.3, -0.25) is 9.10 Å². The Morgan fingerprint density at radius 1 is 1.11 bits per heavy atom. The van der Waals surface area contributed by atoms with Crippen LogP contribution < -0.4 is 14.4 Å². The summed E-state index contributed by atoms with van der Waals surface area (Å²) in [4.78, 5) is 25.1. The van der Waals surface area contributed by atoms with Crippen molar-refractivity contribution in [2.75, 3.05) is 22.8 Å². The van der Waals surface area contributed by atoms with Gasteiger partial charge in [-0.05, 0) is 56.3 Å². The SMILES string of the molecule is CCOC(=O)c1ccc(NC(=O)[C@@H]2CN(S(=O)(=O)c3ccc(C)cc3)c3ccccc3O2)cc1Cl. The number of benzene rings is 3. The number of anilines is 2. The lowest BCUT2D eigenvalue weighted by atomic mass is 10.2. The predicted octanol–water partition coefficient (Wildman–Crippen LogP) is 4.42. The molecule has 0 aromatic heterocycles. The lowest BCUT2D eigenvalue weighted by Gasteiger charge is -2.34. The number of ether oxygens (including phenoxy) is 2. The maximum absolute atomic E-state index is 13.5. The van der Waals surface area contributed by atoms with Gasteiger partial charge in [0.05, 0.1) is 34.3 Å². The molecule has 0 fully saturated rings. The average molecular weight is 515 g/mol. The molecule has 0 unspecified atom stereocenters. The van der Waals surface area contributed by atoms with Gasteiger partial charge in [-0.2, -0.15) is 0 Å². The zero-order valence-corrected chi connectivity index (χ0v) is 20.6. The number of hydrogen-bond acceptors (Lipinski definition) is 6. The van der Waals surface area contributed by atoms with Crippen LogP contribution >= 0.6 is 11.6 Å². The molecular weight excluding hydrogens is 492 g/mol. The van der Waals surface area contributed by atoms with E-state index in [1.807, 2.05) is 6.92 Å². The summed E-state index contributed by atoms with van der Waals surface area (Å²) in [7, 11) is -3.96. The van der Waals surface area contributed by atoms with E-state index < -0.39 is 28.0 Å². The molecular formula is C25H23ClN2O6S. The van der Waals surface area contributed by atoms with E-state index in [1.54, 1.807) is 43.3 Å². The number of fused-ring (bicyclic) bond motifs is 1. The monoisotopic (exact) mass is 514 g/mol. The smallest absolute Gasteiger partial charge is 0.339 e. The molecule has 1 N–H and O–H groups in total. The normalized spacial score (nSPS) is 15.1. The Balaban J connectivity index is 1.59. The quantitative estimate of drug-likeness (QED) is 0.488. The van der Waals surface area contributed by atoms with Crippen molar-refractivity contribution in [3.05, 3.63) is 82.9 Å². The van der Waals surface area contributed by atoms with E-state index in [9.17, 15) is 18.0 Å². The second-order valence-corrected chi connectivity index (χ2v) is 10.1. The van der Waals surface area contributed by atoms with Gasteiger partial charge in [-0.15, -0.1) is 0 Å². The number of amides is 1. The van der Waals surface area contributed by atoms with Crippen LogP contribution in [0.4, 0.5) is 11.4 Å². The van der Waals surface area contributed by atoms with E-state index in [0.717, 1.165) is 5.56 Å². The Labute approximate surface area is 208 Å². The van der Waals surface area contributed by atoms with Crippen LogP contribution in [0.3, 0.4) is 0 Å². The topological polar surface area (TPSA) is 102 Å². The van der Waals surface area contributed by atoms with Crippen LogP contribution in [0.2, 0.25) is 5.02 Å². The van der Waals surface area contributed by atoms with Crippen molar-refractivity contribution in [3.63, 3.8) is 0 Å². The van der Waals surface area contributed by atoms with E-state index in [0.29, 0.717) is 11.4 Å². The first-order chi connectivity index (χ1) is 16.7. The third-order valence-electron chi connectivity index (χ3n) is 5.37. The number of hydrogen-bond donors (Lipinski definition) is 1. The maximum atomic E-state index is 13.5. The van der Waals surface area contributed by atoms with Crippen LogP contribution in [0, 0.1) is 6.92 Å². The van der Waals surface area contributed by atoms with E-state index in [4.69, 9.17) is 21.1 Å². The highest BCUT2D eigenvalue weighted by molar-refractivity contribution is 7.92. The molecule has 3 aromatic carbocycles. The number of halogens is 1. The molecule has 0 spiro atoms. The molecule has 182 valence electrons. The number of rotatable bonds is 6. The number of carbonyl (C=O) groups is 2. The highest BCUT2D eigenvalue weighted by atomic mass is 35.5. The largest absolute Gasteiger partial charge is 0.476 e. The standard InChI is InChI=1S/C25H23ClN2O6S/c1-3-33-25(30)19-13-10-17(14-20(19)26)27-24(29)23-15-28(21-6-4-5-7-22(21)34-23)35(31,32)18-11-8-16(2)9-12-18/h4-14,23H,3,15H2,1-2H3,(H,27,29)/t23-/m0/s1. The van der Waals surface area contributed by atoms with Gasteiger partial charge in [-0.1, -0.05) is 41.4 Å². The Morgan fingerprint density at radius 3 is 2.51 bits per heavy atom. The average Bonchev–Trinajstić information content (AvgIpc) is 2.83. The van der Waals surface area contributed by atoms with Crippen molar-refractivity contribution in [2.45, 2.75) is 24.8 Å². The molecule has 0 radical (unpaired) electrons. The number of carbonyl (C=O) groups excluding carboxylic acids is 2. The fraction of sp³-hybridized carbons (Fsp3) is 0.200. The fourth-order valence-electron chi connectivity index (χ4n) is 3.59. The van der Waals surface area contributed by atoms with Crippen molar-refractivity contribution in [1.29, 1.82) is 0 Å². The van der Waals surface area contributed by atoms with Crippen molar-refractivity contribution in [3.8, 4) is 5.75 Å². The lowest BCUT2D eigenvalue weighted by molar-refractivity contribution is -0.122. The third-order valence-corrected chi connectivity index (χ3v) is 7.47. The molecule has 4 rings (SSSR count). The van der Waals surface area contributed by atoms with Gasteiger partial charge in [0.2, 0.25) is 0 Å². The zero-order chi connectivity index (χ0) is 25.2. The number of nitrogens with zero attached hydrogens (tertiary/aromatic N) is 1. The minimum Gasteiger partial charge on any atom is -0.476 e. The number of nitrogens with one attached hydrogen (secondary N) is 1. The molecule has 10 heteroatoms. The van der Waals surface area contributed by atoms with Gasteiger partial charge in [0.25, 0.3) is 15.9 Å². The summed E-state index contributed by atoms with van der Waals surface area (Å²) >= 11 is 6.19. The summed E-state index contributed by atoms with van der Waals surface area (Å²) < 4.78 is 38.9. The lowest BCUT2D eigenvalue weighted by Crippen LogP contribution is -2.48. The van der Waals surface area contributed by atoms with Crippen LogP contribution in [-0.2, 0) is 19.6 Å². The number of para-hydroxylation sites is 2. The summed E-state index contributed by atoms with van der Waals surface area (Å²) in [5.41, 5.74) is 1.77. The molecule has 35 heavy (non-hydrogen) atoms. The summed E-state index contributed by atoms with van der Waals surface area (Å²) in [6, 6.07) is 17.5. The van der Waals surface area contributed by atoms with Crippen LogP contribution in [-0.4, -0.2) is 39.5 Å². The van der Waals surface area contributed by atoms with Crippen LogP contribution in [0.25, 0.3) is 0 Å². The minimum atomic E-state index is -3.96. The van der Waals surface area contributed by atoms with Gasteiger partial charge in [0.1, 0.15) is 5.75 Å². The highest BCUT2D eigenvalue weighted by Gasteiger charge is 2.37. The van der Waals surface area contributed by atoms with Crippen molar-refractivity contribution >= 4 is 44.9 Å². The summed E-state index contributed by atoms with van der Waals surface area (Å²) in [6.45, 7) is 3.53. The van der Waals surface area contributed by atoms with E-state index in [1.165, 1.54) is 34.6 Å². The second-order valence-electron chi connectivity index (χ2n) is 7.83. The van der Waals surface area contributed by atoms with Crippen LogP contribution in [0.1, 0.15) is 22.8 Å². The molecule has 0 bridgehead atoms. The second kappa shape index (κ2) is 9.97. The predicted molar refractivity (Wildman–Crippen MR) is 133 cm³/mol. The fourth-order valence-corrected chi connectivity index (χ4v) is 5.33. The molecule has 0 saturated carbocycles. The first-order valence-corrected chi connectivity index (χ1v) is 12.6. The van der Waals surface area contributed by atoms with Crippen molar-refractivity contribution in [2.24, 2.45) is 0 Å². The molecule has 1 atom stereocenters. The number of esters is 1. The molecule has 1 amide bonds. The first kappa shape index (κ1) is 24.6. The molecule has 0 saturated heterocycles. The maximum Gasteiger partial charge on any atom is 0.339 e. The summed E-state index contributed by atoms with van der Waals surface area (Å²) in [5, 5.41) is 2.79. The van der Waals surface area contributed by atoms with Gasteiger partial charge < -0.3 is 14.8 Å². The third kappa shape index (κ3) is 5.11. The Morgan fingerprint density at radius 2 is 1.83 bits per heavy atom. The Bertz CT molecular complexity index is 1370. The number of aryl methyl sites for hydroxylation is 1. The zero-order valence-electron chi connectivity index (χ0n) is 19.0. The van der Waals surface area contributed by atoms with E-state index >= 15 is 0 Å². The van der Waals surface area contributed by atoms with Crippen LogP contribution in [0.15, 0.2) is 71.6 Å². The summed E-state index contributed by atoms with van der Waals surface area (Å²) in [5.74, 6) is -0.867. The minimum absolute atomic E-state index is 0.111. The molecule has 1 aliphatic rings. The van der Waals surface area contributed by atoms with Gasteiger partial charge in [-0.25, -0.2) is 13.2 Å². The van der Waals surface area contributed by atoms with Gasteiger partial charge in [0.15, 0.2) is 6.10 Å². The van der Waals surface area contributed by atoms with Gasteiger partial charge in [0, 0.05) is 5.69 Å². The Kier molecular flexibility index (Phi) is 7.00. The van der Waals surface area contributed by atoms with Crippen LogP contribution in [0.5, 0.6) is 5.75 Å².